The number of nitrogens with zero attached hydrogens (tertiary/aromatic N) is 2. The molecule has 0 atom stereocenters. The molecule has 2 aromatic heterocycles. The Balaban J connectivity index is 1.60. The van der Waals surface area contributed by atoms with Gasteiger partial charge in [0, 0.05) is 37.5 Å². The Hall–Kier alpha value is -1.39. The average molecular weight is 259 g/mol. The van der Waals surface area contributed by atoms with Gasteiger partial charge in [-0.25, -0.2) is 4.98 Å². The number of aliphatic hydroxyl groups is 1. The Morgan fingerprint density at radius 2 is 2.16 bits per heavy atom. The van der Waals surface area contributed by atoms with Gasteiger partial charge in [0.1, 0.15) is 5.65 Å². The summed E-state index contributed by atoms with van der Waals surface area (Å²) in [6.07, 6.45) is 8.84. The molecule has 1 fully saturated rings. The van der Waals surface area contributed by atoms with Crippen molar-refractivity contribution in [1.29, 1.82) is 0 Å². The van der Waals surface area contributed by atoms with Gasteiger partial charge in [-0.15, -0.1) is 0 Å². The monoisotopic (exact) mass is 259 g/mol. The number of fused-ring (bicyclic) bond motifs is 1. The smallest absolute Gasteiger partial charge is 0.137 e. The molecule has 102 valence electrons. The molecule has 4 heteroatoms. The molecule has 0 unspecified atom stereocenters. The Morgan fingerprint density at radius 1 is 1.32 bits per heavy atom. The molecule has 2 heterocycles. The summed E-state index contributed by atoms with van der Waals surface area (Å²) in [7, 11) is 0. The van der Waals surface area contributed by atoms with Crippen molar-refractivity contribution >= 4 is 5.65 Å². The molecule has 0 saturated heterocycles. The molecule has 2 N–H and O–H groups in total. The van der Waals surface area contributed by atoms with Crippen LogP contribution in [0.25, 0.3) is 5.65 Å². The van der Waals surface area contributed by atoms with Crippen molar-refractivity contribution in [2.45, 2.75) is 32.2 Å². The van der Waals surface area contributed by atoms with Crippen LogP contribution in [0.1, 0.15) is 31.4 Å². The molecular formula is C15H21N3O. The van der Waals surface area contributed by atoms with Crippen LogP contribution < -0.4 is 5.32 Å². The van der Waals surface area contributed by atoms with Crippen molar-refractivity contribution in [3.63, 3.8) is 0 Å². The van der Waals surface area contributed by atoms with Gasteiger partial charge in [0.2, 0.25) is 0 Å². The Bertz CT molecular complexity index is 510. The molecule has 3 rings (SSSR count). The minimum absolute atomic E-state index is 0.110. The maximum absolute atomic E-state index is 9.57. The molecule has 1 saturated carbocycles. The number of hydrogen-bond acceptors (Lipinski definition) is 3. The lowest BCUT2D eigenvalue weighted by Crippen LogP contribution is -2.34. The maximum Gasteiger partial charge on any atom is 0.137 e. The largest absolute Gasteiger partial charge is 0.396 e. The molecule has 1 aliphatic rings. The molecule has 1 aliphatic carbocycles. The van der Waals surface area contributed by atoms with E-state index in [9.17, 15) is 5.11 Å². The summed E-state index contributed by atoms with van der Waals surface area (Å²) in [5, 5.41) is 13.0. The second kappa shape index (κ2) is 5.31. The number of hydrogen-bond donors (Lipinski definition) is 2. The first-order valence-corrected chi connectivity index (χ1v) is 7.06. The number of pyridine rings is 1. The first kappa shape index (κ1) is 12.6. The summed E-state index contributed by atoms with van der Waals surface area (Å²) in [6, 6.07) is 6.01. The zero-order chi connectivity index (χ0) is 13.1. The quantitative estimate of drug-likeness (QED) is 0.863. The molecule has 0 radical (unpaired) electrons. The number of aromatic nitrogens is 2. The fourth-order valence-electron chi connectivity index (χ4n) is 3.04. The van der Waals surface area contributed by atoms with Gasteiger partial charge in [-0.3, -0.25) is 0 Å². The minimum atomic E-state index is 0.110. The van der Waals surface area contributed by atoms with E-state index in [1.54, 1.807) is 0 Å². The standard InChI is InChI=1S/C15H21N3O/c19-12-15(6-2-3-7-15)11-16-9-13-10-18-8-4-1-5-14(18)17-13/h1,4-5,8,10,16,19H,2-3,6-7,9,11-12H2. The first-order chi connectivity index (χ1) is 9.31. The van der Waals surface area contributed by atoms with E-state index < -0.39 is 0 Å². The van der Waals surface area contributed by atoms with E-state index in [1.807, 2.05) is 28.8 Å². The van der Waals surface area contributed by atoms with Crippen LogP contribution in [-0.2, 0) is 6.54 Å². The molecule has 19 heavy (non-hydrogen) atoms. The van der Waals surface area contributed by atoms with Crippen molar-refractivity contribution in [2.75, 3.05) is 13.2 Å². The predicted octanol–water partition coefficient (Wildman–Crippen LogP) is 1.98. The summed E-state index contributed by atoms with van der Waals surface area (Å²) >= 11 is 0. The highest BCUT2D eigenvalue weighted by atomic mass is 16.3. The predicted molar refractivity (Wildman–Crippen MR) is 74.9 cm³/mol. The molecule has 0 aromatic carbocycles. The SMILES string of the molecule is OCC1(CNCc2cn3ccccc3n2)CCCC1. The molecule has 0 aliphatic heterocycles. The van der Waals surface area contributed by atoms with Gasteiger partial charge in [-0.1, -0.05) is 18.9 Å². The second-order valence-electron chi connectivity index (χ2n) is 5.67. The maximum atomic E-state index is 9.57. The van der Waals surface area contributed by atoms with Crippen molar-refractivity contribution in [3.8, 4) is 0 Å². The molecular weight excluding hydrogens is 238 g/mol. The number of imidazole rings is 1. The molecule has 2 aromatic rings. The molecule has 4 nitrogen and oxygen atoms in total. The molecule has 0 bridgehead atoms. The van der Waals surface area contributed by atoms with E-state index in [0.717, 1.165) is 37.3 Å². The van der Waals surface area contributed by atoms with Crippen LogP contribution >= 0.6 is 0 Å². The minimum Gasteiger partial charge on any atom is -0.396 e. The van der Waals surface area contributed by atoms with Crippen LogP contribution in [0.5, 0.6) is 0 Å². The lowest BCUT2D eigenvalue weighted by atomic mass is 9.87. The first-order valence-electron chi connectivity index (χ1n) is 7.06. The van der Waals surface area contributed by atoms with E-state index in [0.29, 0.717) is 6.61 Å². The van der Waals surface area contributed by atoms with E-state index in [-0.39, 0.29) is 5.41 Å². The molecule has 0 amide bonds. The van der Waals surface area contributed by atoms with Gasteiger partial charge in [0.25, 0.3) is 0 Å². The topological polar surface area (TPSA) is 49.6 Å². The average Bonchev–Trinajstić information content (AvgIpc) is 3.05. The second-order valence-corrected chi connectivity index (χ2v) is 5.67. The summed E-state index contributed by atoms with van der Waals surface area (Å²) < 4.78 is 2.04. The van der Waals surface area contributed by atoms with Gasteiger partial charge in [0.05, 0.1) is 5.69 Å². The van der Waals surface area contributed by atoms with Gasteiger partial charge >= 0.3 is 0 Å². The van der Waals surface area contributed by atoms with Crippen LogP contribution in [0, 0.1) is 5.41 Å². The van der Waals surface area contributed by atoms with Gasteiger partial charge in [0.15, 0.2) is 0 Å². The summed E-state index contributed by atoms with van der Waals surface area (Å²) in [5.41, 5.74) is 2.15. The summed E-state index contributed by atoms with van der Waals surface area (Å²) in [4.78, 5) is 4.56. The fourth-order valence-corrected chi connectivity index (χ4v) is 3.04. The van der Waals surface area contributed by atoms with Crippen LogP contribution in [0.2, 0.25) is 0 Å². The summed E-state index contributed by atoms with van der Waals surface area (Å²) in [5.74, 6) is 0. The van der Waals surface area contributed by atoms with Crippen molar-refractivity contribution in [2.24, 2.45) is 5.41 Å². The van der Waals surface area contributed by atoms with Gasteiger partial charge in [-0.2, -0.15) is 0 Å². The van der Waals surface area contributed by atoms with Crippen LogP contribution in [0.15, 0.2) is 30.6 Å². The Labute approximate surface area is 113 Å². The van der Waals surface area contributed by atoms with Crippen molar-refractivity contribution < 1.29 is 5.11 Å². The zero-order valence-corrected chi connectivity index (χ0v) is 11.2. The third kappa shape index (κ3) is 2.65. The van der Waals surface area contributed by atoms with Crippen LogP contribution in [0.4, 0.5) is 0 Å². The highest BCUT2D eigenvalue weighted by Crippen LogP contribution is 2.36. The lowest BCUT2D eigenvalue weighted by Gasteiger charge is -2.26. The lowest BCUT2D eigenvalue weighted by molar-refractivity contribution is 0.128. The van der Waals surface area contributed by atoms with Crippen LogP contribution in [-0.4, -0.2) is 27.6 Å². The number of rotatable bonds is 5. The normalized spacial score (nSPS) is 18.2. The third-order valence-corrected chi connectivity index (χ3v) is 4.22. The van der Waals surface area contributed by atoms with E-state index >= 15 is 0 Å². The third-order valence-electron chi connectivity index (χ3n) is 4.22. The summed E-state index contributed by atoms with van der Waals surface area (Å²) in [6.45, 7) is 1.95. The number of aliphatic hydroxyl groups excluding tert-OH is 1. The van der Waals surface area contributed by atoms with E-state index in [4.69, 9.17) is 0 Å². The van der Waals surface area contributed by atoms with E-state index in [2.05, 4.69) is 16.5 Å². The highest BCUT2D eigenvalue weighted by Gasteiger charge is 2.32. The van der Waals surface area contributed by atoms with Crippen molar-refractivity contribution in [1.82, 2.24) is 14.7 Å². The number of nitrogens with one attached hydrogen (secondary N) is 1. The Morgan fingerprint density at radius 3 is 2.89 bits per heavy atom. The van der Waals surface area contributed by atoms with Gasteiger partial charge in [-0.05, 0) is 25.0 Å². The zero-order valence-electron chi connectivity index (χ0n) is 11.2. The van der Waals surface area contributed by atoms with Gasteiger partial charge < -0.3 is 14.8 Å². The fraction of sp³-hybridized carbons (Fsp3) is 0.533. The van der Waals surface area contributed by atoms with Crippen LogP contribution in [0.3, 0.4) is 0 Å². The van der Waals surface area contributed by atoms with Crippen molar-refractivity contribution in [3.05, 3.63) is 36.3 Å². The Kier molecular flexibility index (Phi) is 3.53. The highest BCUT2D eigenvalue weighted by molar-refractivity contribution is 5.39. The molecule has 0 spiro atoms. The van der Waals surface area contributed by atoms with E-state index in [1.165, 1.54) is 12.8 Å².